The Kier molecular flexibility index (Phi) is 4.90. The third-order valence-corrected chi connectivity index (χ3v) is 2.77. The average Bonchev–Trinajstić information content (AvgIpc) is 2.37. The molecule has 0 amide bonds. The SMILES string of the molecule is Cc1cccc(CN(C)c2nc(Cl)nc(OC(C)C)n2)n1. The highest BCUT2D eigenvalue weighted by Crippen LogP contribution is 2.16. The van der Waals surface area contributed by atoms with Crippen LogP contribution in [0.3, 0.4) is 0 Å². The summed E-state index contributed by atoms with van der Waals surface area (Å²) in [5.41, 5.74) is 1.90. The summed E-state index contributed by atoms with van der Waals surface area (Å²) in [6.45, 7) is 6.33. The molecule has 2 aromatic heterocycles. The molecule has 0 atom stereocenters. The van der Waals surface area contributed by atoms with E-state index in [1.54, 1.807) is 0 Å². The molecule has 0 aromatic carbocycles. The summed E-state index contributed by atoms with van der Waals surface area (Å²) in [5, 5.41) is 0.111. The second-order valence-corrected chi connectivity index (χ2v) is 5.32. The lowest BCUT2D eigenvalue weighted by molar-refractivity contribution is 0.221. The molecule has 0 saturated heterocycles. The van der Waals surface area contributed by atoms with Crippen molar-refractivity contribution in [3.05, 3.63) is 34.9 Å². The fraction of sp³-hybridized carbons (Fsp3) is 0.429. The van der Waals surface area contributed by atoms with Gasteiger partial charge in [0.2, 0.25) is 11.2 Å². The van der Waals surface area contributed by atoms with Crippen LogP contribution in [0.4, 0.5) is 5.95 Å². The zero-order valence-electron chi connectivity index (χ0n) is 12.5. The zero-order valence-corrected chi connectivity index (χ0v) is 13.3. The Labute approximate surface area is 129 Å². The van der Waals surface area contributed by atoms with E-state index in [1.807, 2.05) is 50.9 Å². The summed E-state index contributed by atoms with van der Waals surface area (Å²) in [7, 11) is 1.87. The largest absolute Gasteiger partial charge is 0.461 e. The number of hydrogen-bond donors (Lipinski definition) is 0. The van der Waals surface area contributed by atoms with Crippen molar-refractivity contribution in [3.63, 3.8) is 0 Å². The Morgan fingerprint density at radius 1 is 1.19 bits per heavy atom. The van der Waals surface area contributed by atoms with Gasteiger partial charge < -0.3 is 9.64 Å². The number of aryl methyl sites for hydroxylation is 1. The van der Waals surface area contributed by atoms with E-state index >= 15 is 0 Å². The van der Waals surface area contributed by atoms with Gasteiger partial charge in [-0.05, 0) is 44.5 Å². The van der Waals surface area contributed by atoms with E-state index in [4.69, 9.17) is 16.3 Å². The Morgan fingerprint density at radius 3 is 2.62 bits per heavy atom. The number of ether oxygens (including phenoxy) is 1. The molecule has 6 nitrogen and oxygen atoms in total. The number of anilines is 1. The van der Waals surface area contributed by atoms with E-state index < -0.39 is 0 Å². The van der Waals surface area contributed by atoms with Crippen molar-refractivity contribution in [2.75, 3.05) is 11.9 Å². The van der Waals surface area contributed by atoms with Crippen molar-refractivity contribution in [2.24, 2.45) is 0 Å². The minimum absolute atomic E-state index is 0.0277. The molecule has 112 valence electrons. The van der Waals surface area contributed by atoms with Crippen molar-refractivity contribution in [2.45, 2.75) is 33.4 Å². The Morgan fingerprint density at radius 2 is 1.95 bits per heavy atom. The average molecular weight is 308 g/mol. The van der Waals surface area contributed by atoms with Gasteiger partial charge in [0, 0.05) is 12.7 Å². The van der Waals surface area contributed by atoms with Gasteiger partial charge in [0.15, 0.2) is 0 Å². The summed E-state index contributed by atoms with van der Waals surface area (Å²) in [6, 6.07) is 6.11. The lowest BCUT2D eigenvalue weighted by atomic mass is 10.3. The van der Waals surface area contributed by atoms with Crippen LogP contribution in [0, 0.1) is 6.92 Å². The lowest BCUT2D eigenvalue weighted by Crippen LogP contribution is -2.21. The van der Waals surface area contributed by atoms with Crippen LogP contribution >= 0.6 is 11.6 Å². The number of aromatic nitrogens is 4. The summed E-state index contributed by atoms with van der Waals surface area (Å²) in [4.78, 5) is 18.6. The molecule has 0 radical (unpaired) electrons. The van der Waals surface area contributed by atoms with Crippen LogP contribution in [0.1, 0.15) is 25.2 Å². The van der Waals surface area contributed by atoms with E-state index in [1.165, 1.54) is 0 Å². The molecule has 7 heteroatoms. The molecular formula is C14H18ClN5O. The molecule has 2 heterocycles. The van der Waals surface area contributed by atoms with Crippen molar-refractivity contribution in [1.29, 1.82) is 0 Å². The molecule has 0 spiro atoms. The number of hydrogen-bond acceptors (Lipinski definition) is 6. The molecule has 0 bridgehead atoms. The smallest absolute Gasteiger partial charge is 0.322 e. The van der Waals surface area contributed by atoms with Crippen LogP contribution in [0.5, 0.6) is 6.01 Å². The normalized spacial score (nSPS) is 10.8. The van der Waals surface area contributed by atoms with Crippen molar-refractivity contribution in [1.82, 2.24) is 19.9 Å². The standard InChI is InChI=1S/C14H18ClN5O/c1-9(2)21-14-18-12(15)17-13(19-14)20(4)8-11-7-5-6-10(3)16-11/h5-7,9H,8H2,1-4H3. The molecule has 2 rings (SSSR count). The first-order valence-electron chi connectivity index (χ1n) is 6.66. The van der Waals surface area contributed by atoms with Gasteiger partial charge in [0.25, 0.3) is 0 Å². The predicted octanol–water partition coefficient (Wildman–Crippen LogP) is 2.65. The van der Waals surface area contributed by atoms with E-state index in [-0.39, 0.29) is 17.4 Å². The third-order valence-electron chi connectivity index (χ3n) is 2.60. The zero-order chi connectivity index (χ0) is 15.4. The topological polar surface area (TPSA) is 64.0 Å². The van der Waals surface area contributed by atoms with Gasteiger partial charge in [-0.3, -0.25) is 4.98 Å². The summed E-state index contributed by atoms with van der Waals surface area (Å²) in [5.74, 6) is 0.453. The Hall–Kier alpha value is -1.95. The quantitative estimate of drug-likeness (QED) is 0.846. The maximum Gasteiger partial charge on any atom is 0.322 e. The minimum Gasteiger partial charge on any atom is -0.461 e. The van der Waals surface area contributed by atoms with Crippen molar-refractivity contribution in [3.8, 4) is 6.01 Å². The maximum atomic E-state index is 5.92. The number of pyridine rings is 1. The third kappa shape index (κ3) is 4.53. The fourth-order valence-corrected chi connectivity index (χ4v) is 1.91. The fourth-order valence-electron chi connectivity index (χ4n) is 1.76. The number of halogens is 1. The molecule has 0 fully saturated rings. The second-order valence-electron chi connectivity index (χ2n) is 4.98. The maximum absolute atomic E-state index is 5.92. The van der Waals surface area contributed by atoms with Crippen LogP contribution in [0.2, 0.25) is 5.28 Å². The van der Waals surface area contributed by atoms with Crippen LogP contribution in [-0.2, 0) is 6.54 Å². The molecule has 0 N–H and O–H groups in total. The highest BCUT2D eigenvalue weighted by molar-refractivity contribution is 6.28. The van der Waals surface area contributed by atoms with Gasteiger partial charge in [-0.15, -0.1) is 0 Å². The Bertz CT molecular complexity index is 620. The summed E-state index contributed by atoms with van der Waals surface area (Å²) < 4.78 is 5.47. The second kappa shape index (κ2) is 6.67. The van der Waals surface area contributed by atoms with Crippen LogP contribution < -0.4 is 9.64 Å². The first-order chi connectivity index (χ1) is 9.94. The van der Waals surface area contributed by atoms with Crippen molar-refractivity contribution < 1.29 is 4.74 Å². The highest BCUT2D eigenvalue weighted by Gasteiger charge is 2.12. The van der Waals surface area contributed by atoms with E-state index in [2.05, 4.69) is 19.9 Å². The molecule has 2 aromatic rings. The number of rotatable bonds is 5. The van der Waals surface area contributed by atoms with Gasteiger partial charge in [0.05, 0.1) is 18.3 Å². The first-order valence-corrected chi connectivity index (χ1v) is 7.03. The monoisotopic (exact) mass is 307 g/mol. The first kappa shape index (κ1) is 15.4. The van der Waals surface area contributed by atoms with E-state index in [0.717, 1.165) is 11.4 Å². The van der Waals surface area contributed by atoms with Gasteiger partial charge in [-0.2, -0.15) is 15.0 Å². The van der Waals surface area contributed by atoms with Gasteiger partial charge in [-0.25, -0.2) is 0 Å². The number of nitrogens with zero attached hydrogens (tertiary/aromatic N) is 5. The van der Waals surface area contributed by atoms with Crippen LogP contribution in [0.25, 0.3) is 0 Å². The minimum atomic E-state index is -0.0277. The molecule has 21 heavy (non-hydrogen) atoms. The van der Waals surface area contributed by atoms with Crippen LogP contribution in [-0.4, -0.2) is 33.1 Å². The van der Waals surface area contributed by atoms with E-state index in [0.29, 0.717) is 12.5 Å². The van der Waals surface area contributed by atoms with Gasteiger partial charge in [0.1, 0.15) is 0 Å². The molecule has 0 aliphatic carbocycles. The van der Waals surface area contributed by atoms with E-state index in [9.17, 15) is 0 Å². The van der Waals surface area contributed by atoms with Crippen molar-refractivity contribution >= 4 is 17.5 Å². The van der Waals surface area contributed by atoms with Gasteiger partial charge in [-0.1, -0.05) is 6.07 Å². The molecule has 0 unspecified atom stereocenters. The predicted molar refractivity (Wildman–Crippen MR) is 81.7 cm³/mol. The van der Waals surface area contributed by atoms with Gasteiger partial charge >= 0.3 is 6.01 Å². The Balaban J connectivity index is 2.18. The summed E-state index contributed by atoms with van der Waals surface area (Å²) >= 11 is 5.92. The molecule has 0 aliphatic rings. The highest BCUT2D eigenvalue weighted by atomic mass is 35.5. The van der Waals surface area contributed by atoms with Crippen LogP contribution in [0.15, 0.2) is 18.2 Å². The summed E-state index contributed by atoms with van der Waals surface area (Å²) in [6.07, 6.45) is -0.0277. The molecule has 0 aliphatic heterocycles. The lowest BCUT2D eigenvalue weighted by Gasteiger charge is -2.17. The molecular weight excluding hydrogens is 290 g/mol. The molecule has 0 saturated carbocycles.